The van der Waals surface area contributed by atoms with Crippen molar-refractivity contribution < 1.29 is 4.39 Å². The molecule has 1 nitrogen and oxygen atoms in total. The third kappa shape index (κ3) is 4.58. The smallest absolute Gasteiger partial charge is 0.123 e. The lowest BCUT2D eigenvalue weighted by Crippen LogP contribution is -2.15. The van der Waals surface area contributed by atoms with E-state index in [0.29, 0.717) is 0 Å². The molecule has 152 valence electrons. The van der Waals surface area contributed by atoms with Crippen molar-refractivity contribution in [2.45, 2.75) is 24.8 Å². The Morgan fingerprint density at radius 2 is 1.70 bits per heavy atom. The first-order valence-corrected chi connectivity index (χ1v) is 11.5. The maximum atomic E-state index is 14.0. The molecule has 0 aromatic heterocycles. The van der Waals surface area contributed by atoms with Gasteiger partial charge in [0.15, 0.2) is 0 Å². The molecule has 0 amide bonds. The highest BCUT2D eigenvalue weighted by Gasteiger charge is 2.23. The maximum absolute atomic E-state index is 14.0. The average Bonchev–Trinajstić information content (AvgIpc) is 3.03. The van der Waals surface area contributed by atoms with Crippen molar-refractivity contribution in [3.8, 4) is 0 Å². The van der Waals surface area contributed by atoms with Crippen molar-refractivity contribution in [1.29, 1.82) is 0 Å². The SMILES string of the molecule is CSc1ccc(C=C2C(C)=C(CCNCc3ccccc3)c3cc(F)ccc32)cc1. The van der Waals surface area contributed by atoms with Gasteiger partial charge in [0, 0.05) is 11.4 Å². The van der Waals surface area contributed by atoms with Gasteiger partial charge in [0.05, 0.1) is 0 Å². The van der Waals surface area contributed by atoms with Crippen LogP contribution in [0.15, 0.2) is 83.3 Å². The molecule has 0 atom stereocenters. The number of hydrogen-bond acceptors (Lipinski definition) is 2. The summed E-state index contributed by atoms with van der Waals surface area (Å²) in [6, 6.07) is 24.1. The number of rotatable bonds is 7. The standard InChI is InChI=1S/C27H26FNS/c1-19-24(14-15-29-18-21-6-4-3-5-7-21)27-17-22(28)10-13-25(27)26(19)16-20-8-11-23(30-2)12-9-20/h3-13,16-17,29H,14-15,18H2,1-2H3. The number of benzene rings is 3. The van der Waals surface area contributed by atoms with Crippen LogP contribution in [0.1, 0.15) is 35.6 Å². The van der Waals surface area contributed by atoms with Crippen molar-refractivity contribution in [3.63, 3.8) is 0 Å². The molecule has 0 saturated carbocycles. The molecule has 0 unspecified atom stereocenters. The lowest BCUT2D eigenvalue weighted by molar-refractivity contribution is 0.627. The first kappa shape index (κ1) is 20.6. The molecule has 0 spiro atoms. The molecule has 1 aliphatic rings. The van der Waals surface area contributed by atoms with Crippen molar-refractivity contribution in [1.82, 2.24) is 5.32 Å². The minimum absolute atomic E-state index is 0.179. The summed E-state index contributed by atoms with van der Waals surface area (Å²) in [6.45, 7) is 3.85. The Bertz CT molecular complexity index is 1080. The lowest BCUT2D eigenvalue weighted by Gasteiger charge is -2.08. The third-order valence-corrected chi connectivity index (χ3v) is 6.35. The van der Waals surface area contributed by atoms with Gasteiger partial charge >= 0.3 is 0 Å². The summed E-state index contributed by atoms with van der Waals surface area (Å²) in [5.41, 5.74) is 8.26. The predicted molar refractivity (Wildman–Crippen MR) is 128 cm³/mol. The molecule has 4 rings (SSSR count). The Morgan fingerprint density at radius 1 is 0.933 bits per heavy atom. The highest BCUT2D eigenvalue weighted by molar-refractivity contribution is 7.98. The topological polar surface area (TPSA) is 12.0 Å². The predicted octanol–water partition coefficient (Wildman–Crippen LogP) is 7.06. The van der Waals surface area contributed by atoms with Crippen LogP contribution >= 0.6 is 11.8 Å². The van der Waals surface area contributed by atoms with E-state index in [4.69, 9.17) is 0 Å². The molecule has 0 bridgehead atoms. The molecule has 1 N–H and O–H groups in total. The zero-order valence-corrected chi connectivity index (χ0v) is 18.2. The minimum atomic E-state index is -0.179. The van der Waals surface area contributed by atoms with E-state index in [2.05, 4.69) is 73.1 Å². The number of allylic oxidation sites excluding steroid dienone is 2. The van der Waals surface area contributed by atoms with E-state index in [9.17, 15) is 4.39 Å². The Labute approximate surface area is 182 Å². The van der Waals surface area contributed by atoms with E-state index in [0.717, 1.165) is 30.6 Å². The van der Waals surface area contributed by atoms with Gasteiger partial charge in [-0.15, -0.1) is 11.8 Å². The van der Waals surface area contributed by atoms with Gasteiger partial charge in [-0.1, -0.05) is 48.5 Å². The Hall–Kier alpha value is -2.62. The molecule has 0 heterocycles. The molecule has 0 fully saturated rings. The normalized spacial score (nSPS) is 14.4. The Kier molecular flexibility index (Phi) is 6.51. The van der Waals surface area contributed by atoms with Gasteiger partial charge in [0.1, 0.15) is 5.82 Å². The van der Waals surface area contributed by atoms with E-state index in [1.807, 2.05) is 12.1 Å². The summed E-state index contributed by atoms with van der Waals surface area (Å²) in [5.74, 6) is -0.179. The van der Waals surface area contributed by atoms with E-state index >= 15 is 0 Å². The first-order valence-electron chi connectivity index (χ1n) is 10.3. The van der Waals surface area contributed by atoms with Crippen LogP contribution in [0.25, 0.3) is 17.2 Å². The fraction of sp³-hybridized carbons (Fsp3) is 0.185. The van der Waals surface area contributed by atoms with Crippen LogP contribution in [0.3, 0.4) is 0 Å². The highest BCUT2D eigenvalue weighted by Crippen LogP contribution is 2.43. The van der Waals surface area contributed by atoms with Crippen molar-refractivity contribution in [3.05, 3.63) is 106 Å². The number of halogens is 1. The highest BCUT2D eigenvalue weighted by atomic mass is 32.2. The summed E-state index contributed by atoms with van der Waals surface area (Å²) in [4.78, 5) is 1.25. The largest absolute Gasteiger partial charge is 0.312 e. The van der Waals surface area contributed by atoms with Crippen molar-refractivity contribution >= 4 is 29.0 Å². The van der Waals surface area contributed by atoms with Crippen LogP contribution in [-0.4, -0.2) is 12.8 Å². The third-order valence-electron chi connectivity index (χ3n) is 5.60. The molecule has 3 aromatic carbocycles. The van der Waals surface area contributed by atoms with Crippen LogP contribution in [-0.2, 0) is 6.54 Å². The summed E-state index contributed by atoms with van der Waals surface area (Å²) >= 11 is 1.74. The second kappa shape index (κ2) is 9.46. The molecule has 30 heavy (non-hydrogen) atoms. The fourth-order valence-electron chi connectivity index (χ4n) is 3.98. The van der Waals surface area contributed by atoms with Gasteiger partial charge in [0.25, 0.3) is 0 Å². The van der Waals surface area contributed by atoms with Crippen LogP contribution in [0.5, 0.6) is 0 Å². The average molecular weight is 416 g/mol. The minimum Gasteiger partial charge on any atom is -0.312 e. The molecule has 0 aliphatic heterocycles. The second-order valence-corrected chi connectivity index (χ2v) is 8.42. The number of thioether (sulfide) groups is 1. The number of hydrogen-bond donors (Lipinski definition) is 1. The number of fused-ring (bicyclic) bond motifs is 1. The van der Waals surface area contributed by atoms with E-state index < -0.39 is 0 Å². The van der Waals surface area contributed by atoms with Gasteiger partial charge in [-0.25, -0.2) is 4.39 Å². The summed E-state index contributed by atoms with van der Waals surface area (Å²) in [5, 5.41) is 3.52. The zero-order valence-electron chi connectivity index (χ0n) is 17.4. The molecular weight excluding hydrogens is 389 g/mol. The fourth-order valence-corrected chi connectivity index (χ4v) is 4.39. The lowest BCUT2D eigenvalue weighted by atomic mass is 10.0. The maximum Gasteiger partial charge on any atom is 0.123 e. The van der Waals surface area contributed by atoms with Crippen molar-refractivity contribution in [2.24, 2.45) is 0 Å². The summed E-state index contributed by atoms with van der Waals surface area (Å²) in [7, 11) is 0. The van der Waals surface area contributed by atoms with Crippen molar-refractivity contribution in [2.75, 3.05) is 12.8 Å². The van der Waals surface area contributed by atoms with E-state index in [1.54, 1.807) is 23.9 Å². The van der Waals surface area contributed by atoms with E-state index in [1.165, 1.54) is 32.7 Å². The number of nitrogens with one attached hydrogen (secondary N) is 1. The van der Waals surface area contributed by atoms with Gasteiger partial charge < -0.3 is 5.32 Å². The monoisotopic (exact) mass is 415 g/mol. The van der Waals surface area contributed by atoms with Gasteiger partial charge in [-0.05, 0) is 95.5 Å². The molecule has 0 saturated heterocycles. The Morgan fingerprint density at radius 3 is 2.43 bits per heavy atom. The molecule has 0 radical (unpaired) electrons. The summed E-state index contributed by atoms with van der Waals surface area (Å²) in [6.07, 6.45) is 5.18. The first-order chi connectivity index (χ1) is 14.7. The van der Waals surface area contributed by atoms with Gasteiger partial charge in [-0.2, -0.15) is 0 Å². The van der Waals surface area contributed by atoms with Gasteiger partial charge in [-0.3, -0.25) is 0 Å². The molecular formula is C27H26FNS. The van der Waals surface area contributed by atoms with Crippen LogP contribution in [0.2, 0.25) is 0 Å². The molecule has 3 heteroatoms. The molecule has 3 aromatic rings. The van der Waals surface area contributed by atoms with Crippen LogP contribution in [0.4, 0.5) is 4.39 Å². The van der Waals surface area contributed by atoms with Crippen LogP contribution in [0, 0.1) is 5.82 Å². The zero-order chi connectivity index (χ0) is 20.9. The quantitative estimate of drug-likeness (QED) is 0.328. The summed E-state index contributed by atoms with van der Waals surface area (Å²) < 4.78 is 14.0. The second-order valence-electron chi connectivity index (χ2n) is 7.54. The van der Waals surface area contributed by atoms with Gasteiger partial charge in [0.2, 0.25) is 0 Å². The molecule has 1 aliphatic carbocycles. The van der Waals surface area contributed by atoms with E-state index in [-0.39, 0.29) is 5.82 Å². The van der Waals surface area contributed by atoms with Crippen LogP contribution < -0.4 is 5.32 Å². The Balaban J connectivity index is 1.56.